The monoisotopic (exact) mass is 276 g/mol. The molecule has 96 valence electrons. The summed E-state index contributed by atoms with van der Waals surface area (Å²) in [4.78, 5) is 0. The first-order valence-electron chi connectivity index (χ1n) is 4.91. The van der Waals surface area contributed by atoms with E-state index in [0.29, 0.717) is 10.8 Å². The molecule has 1 aromatic carbocycles. The molecule has 0 aliphatic heterocycles. The van der Waals surface area contributed by atoms with Crippen molar-refractivity contribution in [1.82, 2.24) is 9.78 Å². The topological polar surface area (TPSA) is 27.1 Å². The van der Waals surface area contributed by atoms with E-state index in [2.05, 4.69) is 9.84 Å². The lowest BCUT2D eigenvalue weighted by atomic mass is 10.1. The Morgan fingerprint density at radius 1 is 1.28 bits per heavy atom. The van der Waals surface area contributed by atoms with Crippen molar-refractivity contribution in [3.05, 3.63) is 35.5 Å². The lowest BCUT2D eigenvalue weighted by Gasteiger charge is -2.11. The lowest BCUT2D eigenvalue weighted by molar-refractivity contribution is -0.274. The van der Waals surface area contributed by atoms with Gasteiger partial charge in [0.05, 0.1) is 5.69 Å². The van der Waals surface area contributed by atoms with Gasteiger partial charge in [-0.05, 0) is 12.1 Å². The fourth-order valence-electron chi connectivity index (χ4n) is 1.47. The van der Waals surface area contributed by atoms with E-state index >= 15 is 0 Å². The Morgan fingerprint density at radius 2 is 1.94 bits per heavy atom. The molecule has 2 rings (SSSR count). The van der Waals surface area contributed by atoms with Gasteiger partial charge in [0.15, 0.2) is 0 Å². The van der Waals surface area contributed by atoms with Crippen molar-refractivity contribution >= 4 is 11.6 Å². The lowest BCUT2D eigenvalue weighted by Crippen LogP contribution is -2.17. The molecule has 0 atom stereocenters. The number of aromatic nitrogens is 2. The number of aryl methyl sites for hydroxylation is 1. The maximum atomic E-state index is 12.2. The van der Waals surface area contributed by atoms with Crippen LogP contribution in [0, 0.1) is 0 Å². The molecule has 0 aliphatic rings. The largest absolute Gasteiger partial charge is 0.573 e. The summed E-state index contributed by atoms with van der Waals surface area (Å²) < 4.78 is 42.0. The van der Waals surface area contributed by atoms with Gasteiger partial charge in [0.2, 0.25) is 0 Å². The number of nitrogens with zero attached hydrogens (tertiary/aromatic N) is 2. The summed E-state index contributed by atoms with van der Waals surface area (Å²) in [6.07, 6.45) is -4.74. The summed E-state index contributed by atoms with van der Waals surface area (Å²) in [6.45, 7) is 0. The van der Waals surface area contributed by atoms with Crippen molar-refractivity contribution in [1.29, 1.82) is 0 Å². The van der Waals surface area contributed by atoms with Gasteiger partial charge < -0.3 is 4.74 Å². The van der Waals surface area contributed by atoms with Crippen LogP contribution >= 0.6 is 11.6 Å². The molecule has 0 N–H and O–H groups in total. The van der Waals surface area contributed by atoms with Crippen LogP contribution in [0.4, 0.5) is 13.2 Å². The van der Waals surface area contributed by atoms with Gasteiger partial charge in [0.25, 0.3) is 0 Å². The molecule has 0 radical (unpaired) electrons. The highest BCUT2D eigenvalue weighted by molar-refractivity contribution is 6.29. The van der Waals surface area contributed by atoms with E-state index in [4.69, 9.17) is 11.6 Å². The third kappa shape index (κ3) is 2.76. The summed E-state index contributed by atoms with van der Waals surface area (Å²) in [5.74, 6) is -0.306. The number of hydrogen-bond acceptors (Lipinski definition) is 2. The zero-order valence-corrected chi connectivity index (χ0v) is 9.96. The van der Waals surface area contributed by atoms with E-state index in [1.807, 2.05) is 0 Å². The van der Waals surface area contributed by atoms with E-state index < -0.39 is 6.36 Å². The van der Waals surface area contributed by atoms with Crippen molar-refractivity contribution in [2.24, 2.45) is 7.05 Å². The zero-order chi connectivity index (χ0) is 13.3. The van der Waals surface area contributed by atoms with Crippen molar-refractivity contribution in [3.8, 4) is 17.0 Å². The second-order valence-corrected chi connectivity index (χ2v) is 3.91. The van der Waals surface area contributed by atoms with Crippen LogP contribution in [0.1, 0.15) is 0 Å². The maximum absolute atomic E-state index is 12.2. The minimum Gasteiger partial charge on any atom is -0.405 e. The zero-order valence-electron chi connectivity index (χ0n) is 9.20. The fraction of sp³-hybridized carbons (Fsp3) is 0.182. The average Bonchev–Trinajstić information content (AvgIpc) is 2.57. The molecule has 18 heavy (non-hydrogen) atoms. The molecule has 0 unspecified atom stereocenters. The Bertz CT molecular complexity index is 546. The Kier molecular flexibility index (Phi) is 3.21. The third-order valence-corrected chi connectivity index (χ3v) is 2.57. The van der Waals surface area contributed by atoms with Gasteiger partial charge in [0.1, 0.15) is 10.9 Å². The van der Waals surface area contributed by atoms with Crippen LogP contribution in [0.2, 0.25) is 5.15 Å². The van der Waals surface area contributed by atoms with Gasteiger partial charge in [-0.3, -0.25) is 4.68 Å². The van der Waals surface area contributed by atoms with Gasteiger partial charge in [-0.2, -0.15) is 5.10 Å². The van der Waals surface area contributed by atoms with Crippen molar-refractivity contribution in [2.45, 2.75) is 6.36 Å². The van der Waals surface area contributed by atoms with Gasteiger partial charge in [-0.25, -0.2) is 0 Å². The molecule has 3 nitrogen and oxygen atoms in total. The molecule has 0 saturated carbocycles. The molecule has 1 heterocycles. The molecule has 1 aromatic heterocycles. The molecule has 0 fully saturated rings. The Labute approximate surface area is 106 Å². The van der Waals surface area contributed by atoms with Gasteiger partial charge in [-0.1, -0.05) is 23.7 Å². The molecular weight excluding hydrogens is 269 g/mol. The Hall–Kier alpha value is -1.69. The summed E-state index contributed by atoms with van der Waals surface area (Å²) in [6, 6.07) is 7.24. The molecule has 0 spiro atoms. The van der Waals surface area contributed by atoms with E-state index in [1.54, 1.807) is 13.1 Å². The highest BCUT2D eigenvalue weighted by Crippen LogP contribution is 2.33. The third-order valence-electron chi connectivity index (χ3n) is 2.21. The first kappa shape index (κ1) is 12.8. The van der Waals surface area contributed by atoms with Crippen LogP contribution in [0.15, 0.2) is 30.3 Å². The second kappa shape index (κ2) is 4.53. The van der Waals surface area contributed by atoms with E-state index in [-0.39, 0.29) is 11.3 Å². The highest BCUT2D eigenvalue weighted by Gasteiger charge is 2.32. The molecule has 0 saturated heterocycles. The minimum atomic E-state index is -4.74. The number of para-hydroxylation sites is 1. The van der Waals surface area contributed by atoms with Crippen LogP contribution in [0.5, 0.6) is 5.75 Å². The first-order chi connectivity index (χ1) is 8.37. The van der Waals surface area contributed by atoms with E-state index in [0.717, 1.165) is 0 Å². The van der Waals surface area contributed by atoms with E-state index in [1.165, 1.54) is 28.9 Å². The smallest absolute Gasteiger partial charge is 0.405 e. The van der Waals surface area contributed by atoms with E-state index in [9.17, 15) is 13.2 Å². The Balaban J connectivity index is 2.44. The molecule has 7 heteroatoms. The average molecular weight is 277 g/mol. The summed E-state index contributed by atoms with van der Waals surface area (Å²) in [7, 11) is 1.60. The second-order valence-electron chi connectivity index (χ2n) is 3.52. The van der Waals surface area contributed by atoms with Crippen LogP contribution in [0.25, 0.3) is 11.3 Å². The fourth-order valence-corrected chi connectivity index (χ4v) is 1.61. The van der Waals surface area contributed by atoms with Crippen molar-refractivity contribution < 1.29 is 17.9 Å². The van der Waals surface area contributed by atoms with Crippen LogP contribution in [-0.2, 0) is 7.05 Å². The number of halogens is 4. The minimum absolute atomic E-state index is 0.234. The van der Waals surface area contributed by atoms with Gasteiger partial charge >= 0.3 is 6.36 Å². The van der Waals surface area contributed by atoms with Gasteiger partial charge in [0, 0.05) is 18.7 Å². The van der Waals surface area contributed by atoms with Crippen molar-refractivity contribution in [3.63, 3.8) is 0 Å². The number of hydrogen-bond donors (Lipinski definition) is 0. The van der Waals surface area contributed by atoms with Crippen molar-refractivity contribution in [2.75, 3.05) is 0 Å². The highest BCUT2D eigenvalue weighted by atomic mass is 35.5. The molecule has 0 amide bonds. The van der Waals surface area contributed by atoms with Crippen LogP contribution in [-0.4, -0.2) is 16.1 Å². The molecule has 0 aliphatic carbocycles. The normalized spacial score (nSPS) is 11.6. The maximum Gasteiger partial charge on any atom is 0.573 e. The predicted molar refractivity (Wildman–Crippen MR) is 60.3 cm³/mol. The molecule has 2 aromatic rings. The number of benzene rings is 1. The summed E-state index contributed by atoms with van der Waals surface area (Å²) in [5.41, 5.74) is 0.555. The molecule has 0 bridgehead atoms. The van der Waals surface area contributed by atoms with Crippen LogP contribution < -0.4 is 4.74 Å². The van der Waals surface area contributed by atoms with Gasteiger partial charge in [-0.15, -0.1) is 13.2 Å². The quantitative estimate of drug-likeness (QED) is 0.837. The Morgan fingerprint density at radius 3 is 2.50 bits per heavy atom. The van der Waals surface area contributed by atoms with Crippen LogP contribution in [0.3, 0.4) is 0 Å². The summed E-state index contributed by atoms with van der Waals surface area (Å²) in [5, 5.41) is 4.33. The number of ether oxygens (including phenoxy) is 1. The SMILES string of the molecule is Cn1nc(-c2ccccc2OC(F)(F)F)cc1Cl. The predicted octanol–water partition coefficient (Wildman–Crippen LogP) is 3.64. The standard InChI is InChI=1S/C11H8ClF3N2O/c1-17-10(12)6-8(16-17)7-4-2-3-5-9(7)18-11(13,14)15/h2-6H,1H3. The first-order valence-corrected chi connectivity index (χ1v) is 5.29. The summed E-state index contributed by atoms with van der Waals surface area (Å²) >= 11 is 5.80. The number of alkyl halides is 3. The molecular formula is C11H8ClF3N2O. The number of rotatable bonds is 2.